The third-order valence-corrected chi connectivity index (χ3v) is 7.45. The Morgan fingerprint density at radius 3 is 2.30 bits per heavy atom. The number of aliphatic imine (C=N–C) groups is 1. The average Bonchev–Trinajstić information content (AvgIpc) is 3.15. The largest absolute Gasteiger partial charge is 0.343 e. The number of hydrogen-bond donors (Lipinski definition) is 2. The maximum absolute atomic E-state index is 14.1. The molecule has 0 saturated carbocycles. The van der Waals surface area contributed by atoms with Gasteiger partial charge in [-0.1, -0.05) is 56.3 Å². The molecule has 2 heterocycles. The second-order valence-corrected chi connectivity index (χ2v) is 10.4. The van der Waals surface area contributed by atoms with Gasteiger partial charge in [0.2, 0.25) is 23.9 Å². The molecule has 0 aliphatic carbocycles. The summed E-state index contributed by atoms with van der Waals surface area (Å²) in [6.07, 6.45) is 0.386. The molecule has 4 rings (SSSR count). The lowest BCUT2D eigenvalue weighted by molar-refractivity contribution is -0.130. The van der Waals surface area contributed by atoms with Gasteiger partial charge >= 0.3 is 0 Å². The van der Waals surface area contributed by atoms with Crippen LogP contribution in [0.3, 0.4) is 0 Å². The van der Waals surface area contributed by atoms with Crippen LogP contribution in [0.2, 0.25) is 0 Å². The van der Waals surface area contributed by atoms with Crippen molar-refractivity contribution in [3.8, 4) is 0 Å². The van der Waals surface area contributed by atoms with Crippen LogP contribution < -0.4 is 20.4 Å². The first-order valence-electron chi connectivity index (χ1n) is 14.8. The molecule has 4 amide bonds. The van der Waals surface area contributed by atoms with Gasteiger partial charge in [-0.3, -0.25) is 24.2 Å². The summed E-state index contributed by atoms with van der Waals surface area (Å²) in [6, 6.07) is 20.7. The number of nitrogens with one attached hydrogen (secondary N) is 2. The summed E-state index contributed by atoms with van der Waals surface area (Å²) in [6.45, 7) is 9.44. The van der Waals surface area contributed by atoms with Crippen LogP contribution in [-0.2, 0) is 19.2 Å². The standard InChI is InChI=1S/C33H39N7O4/c1-5-38(6-2)20-21-39-28-18-11-10-16-26(28)30(27-17-12-13-19-34-27)36-31(33(39)44)37-32(43)23(3)35-29(42)22-40(24(4)41)25-14-8-7-9-15-25/h7-19,23,31H,5-6,20-22H2,1-4H3,(H,35,42)(H,37,43)/t23-,31?/m0/s1. The molecule has 2 N–H and O–H groups in total. The van der Waals surface area contributed by atoms with Crippen LogP contribution in [0.15, 0.2) is 84.0 Å². The van der Waals surface area contributed by atoms with E-state index in [1.165, 1.54) is 18.7 Å². The number of nitrogens with zero attached hydrogens (tertiary/aromatic N) is 5. The Bertz CT molecular complexity index is 1490. The molecular formula is C33H39N7O4. The first-order valence-corrected chi connectivity index (χ1v) is 14.8. The molecule has 1 unspecified atom stereocenters. The second-order valence-electron chi connectivity index (χ2n) is 10.4. The summed E-state index contributed by atoms with van der Waals surface area (Å²) in [7, 11) is 0. The number of pyridine rings is 1. The van der Waals surface area contributed by atoms with E-state index in [0.717, 1.165) is 18.7 Å². The topological polar surface area (TPSA) is 127 Å². The van der Waals surface area contributed by atoms with Gasteiger partial charge in [-0.2, -0.15) is 0 Å². The first-order chi connectivity index (χ1) is 21.2. The summed E-state index contributed by atoms with van der Waals surface area (Å²) in [5.74, 6) is -1.82. The molecule has 0 fully saturated rings. The highest BCUT2D eigenvalue weighted by molar-refractivity contribution is 6.19. The highest BCUT2D eigenvalue weighted by Gasteiger charge is 2.34. The molecule has 0 radical (unpaired) electrons. The Morgan fingerprint density at radius 1 is 0.955 bits per heavy atom. The predicted molar refractivity (Wildman–Crippen MR) is 170 cm³/mol. The normalized spacial score (nSPS) is 15.1. The fraction of sp³-hybridized carbons (Fsp3) is 0.333. The van der Waals surface area contributed by atoms with E-state index in [4.69, 9.17) is 4.99 Å². The molecule has 11 nitrogen and oxygen atoms in total. The number of carbonyl (C=O) groups is 4. The summed E-state index contributed by atoms with van der Waals surface area (Å²) in [5, 5.41) is 5.39. The van der Waals surface area contributed by atoms with Crippen LogP contribution >= 0.6 is 0 Å². The summed E-state index contributed by atoms with van der Waals surface area (Å²) in [4.78, 5) is 67.0. The van der Waals surface area contributed by atoms with Gasteiger partial charge in [0, 0.05) is 37.5 Å². The minimum absolute atomic E-state index is 0.268. The van der Waals surface area contributed by atoms with Gasteiger partial charge < -0.3 is 25.3 Å². The molecule has 0 spiro atoms. The highest BCUT2D eigenvalue weighted by atomic mass is 16.2. The number of aromatic nitrogens is 1. The molecule has 230 valence electrons. The number of benzodiazepines with no additional fused rings is 1. The van der Waals surface area contributed by atoms with Crippen LogP contribution in [0.4, 0.5) is 11.4 Å². The van der Waals surface area contributed by atoms with Gasteiger partial charge in [0.25, 0.3) is 5.91 Å². The SMILES string of the molecule is CCN(CC)CCN1C(=O)C(NC(=O)[C@H](C)NC(=O)CN(C(C)=O)c2ccccc2)N=C(c2ccccn2)c2ccccc21. The predicted octanol–water partition coefficient (Wildman–Crippen LogP) is 2.61. The summed E-state index contributed by atoms with van der Waals surface area (Å²) >= 11 is 0. The number of amides is 4. The zero-order chi connectivity index (χ0) is 31.6. The minimum atomic E-state index is -1.26. The average molecular weight is 598 g/mol. The van der Waals surface area contributed by atoms with Crippen molar-refractivity contribution in [3.63, 3.8) is 0 Å². The first kappa shape index (κ1) is 32.0. The van der Waals surface area contributed by atoms with Gasteiger partial charge in [-0.15, -0.1) is 0 Å². The van der Waals surface area contributed by atoms with E-state index in [-0.39, 0.29) is 12.5 Å². The van der Waals surface area contributed by atoms with Gasteiger partial charge in [-0.25, -0.2) is 4.99 Å². The Labute approximate surface area is 258 Å². The van der Waals surface area contributed by atoms with Crippen molar-refractivity contribution >= 4 is 40.7 Å². The van der Waals surface area contributed by atoms with Gasteiger partial charge in [0.1, 0.15) is 12.6 Å². The zero-order valence-corrected chi connectivity index (χ0v) is 25.6. The van der Waals surface area contributed by atoms with Crippen molar-refractivity contribution in [3.05, 3.63) is 90.3 Å². The number of likely N-dealkylation sites (N-methyl/N-ethyl adjacent to an activating group) is 1. The van der Waals surface area contributed by atoms with Crippen molar-refractivity contribution in [2.24, 2.45) is 4.99 Å². The van der Waals surface area contributed by atoms with E-state index in [2.05, 4.69) is 34.4 Å². The summed E-state index contributed by atoms with van der Waals surface area (Å²) in [5.41, 5.74) is 3.00. The molecule has 0 bridgehead atoms. The number of benzene rings is 2. The number of carbonyl (C=O) groups excluding carboxylic acids is 4. The van der Waals surface area contributed by atoms with E-state index in [9.17, 15) is 19.2 Å². The zero-order valence-electron chi connectivity index (χ0n) is 25.6. The molecule has 3 aromatic rings. The Hall–Kier alpha value is -4.90. The molecule has 2 aromatic carbocycles. The lowest BCUT2D eigenvalue weighted by Crippen LogP contribution is -2.54. The number of hydrogen-bond acceptors (Lipinski definition) is 7. The quantitative estimate of drug-likeness (QED) is 0.331. The van der Waals surface area contributed by atoms with E-state index in [1.807, 2.05) is 36.4 Å². The third-order valence-electron chi connectivity index (χ3n) is 7.45. The number of para-hydroxylation sites is 2. The Morgan fingerprint density at radius 2 is 1.64 bits per heavy atom. The maximum atomic E-state index is 14.1. The smallest absolute Gasteiger partial charge is 0.272 e. The Kier molecular flexibility index (Phi) is 10.9. The van der Waals surface area contributed by atoms with Crippen molar-refractivity contribution in [2.75, 3.05) is 42.5 Å². The molecule has 0 saturated heterocycles. The van der Waals surface area contributed by atoms with E-state index >= 15 is 0 Å². The van der Waals surface area contributed by atoms with Crippen LogP contribution in [0.25, 0.3) is 0 Å². The molecular weight excluding hydrogens is 558 g/mol. The van der Waals surface area contributed by atoms with Crippen LogP contribution in [0.1, 0.15) is 39.0 Å². The monoisotopic (exact) mass is 597 g/mol. The lowest BCUT2D eigenvalue weighted by Gasteiger charge is -2.28. The van der Waals surface area contributed by atoms with Gasteiger partial charge in [-0.05, 0) is 50.3 Å². The van der Waals surface area contributed by atoms with Crippen LogP contribution in [0.5, 0.6) is 0 Å². The Balaban J connectivity index is 1.58. The maximum Gasteiger partial charge on any atom is 0.272 e. The number of rotatable bonds is 12. The van der Waals surface area contributed by atoms with Crippen molar-refractivity contribution in [1.29, 1.82) is 0 Å². The third kappa shape index (κ3) is 7.73. The van der Waals surface area contributed by atoms with Crippen molar-refractivity contribution < 1.29 is 19.2 Å². The molecule has 2 atom stereocenters. The number of fused-ring (bicyclic) bond motifs is 1. The van der Waals surface area contributed by atoms with Gasteiger partial charge in [0.05, 0.1) is 17.1 Å². The van der Waals surface area contributed by atoms with Crippen molar-refractivity contribution in [2.45, 2.75) is 39.9 Å². The van der Waals surface area contributed by atoms with Crippen LogP contribution in [0, 0.1) is 0 Å². The second kappa shape index (κ2) is 15.0. The fourth-order valence-corrected chi connectivity index (χ4v) is 4.99. The van der Waals surface area contributed by atoms with E-state index in [1.54, 1.807) is 47.5 Å². The van der Waals surface area contributed by atoms with Crippen LogP contribution in [-0.4, -0.2) is 84.2 Å². The molecule has 11 heteroatoms. The number of anilines is 2. The van der Waals surface area contributed by atoms with E-state index < -0.39 is 29.9 Å². The molecule has 1 aromatic heterocycles. The van der Waals surface area contributed by atoms with E-state index in [0.29, 0.717) is 35.9 Å². The minimum Gasteiger partial charge on any atom is -0.343 e. The molecule has 1 aliphatic rings. The molecule has 1 aliphatic heterocycles. The highest BCUT2D eigenvalue weighted by Crippen LogP contribution is 2.27. The van der Waals surface area contributed by atoms with Crippen molar-refractivity contribution in [1.82, 2.24) is 20.5 Å². The molecule has 44 heavy (non-hydrogen) atoms. The van der Waals surface area contributed by atoms with Gasteiger partial charge in [0.15, 0.2) is 0 Å². The lowest BCUT2D eigenvalue weighted by atomic mass is 10.0. The summed E-state index contributed by atoms with van der Waals surface area (Å²) < 4.78 is 0. The fourth-order valence-electron chi connectivity index (χ4n) is 4.99.